The minimum Gasteiger partial charge on any atom is -0.409 e. The minimum absolute atomic E-state index is 0.130. The molecule has 0 unspecified atom stereocenters. The SMILES string of the molecule is CNC(=O)[C@H]1O[C@@H](n2cnc3c(NCc4cccc(I)c4)ncnc32)[C@H](O[Si](C)(C)C(C)(C)C)[C@@H]1N=[N+]=[N-]. The summed E-state index contributed by atoms with van der Waals surface area (Å²) in [5.41, 5.74) is 11.5. The first-order valence-electron chi connectivity index (χ1n) is 12.2. The van der Waals surface area contributed by atoms with Crippen LogP contribution in [0.4, 0.5) is 5.82 Å². The molecule has 0 aliphatic carbocycles. The molecule has 202 valence electrons. The van der Waals surface area contributed by atoms with E-state index in [-0.39, 0.29) is 5.04 Å². The molecule has 0 saturated carbocycles. The number of nitrogens with zero attached hydrogens (tertiary/aromatic N) is 7. The summed E-state index contributed by atoms with van der Waals surface area (Å²) in [7, 11) is -0.862. The van der Waals surface area contributed by atoms with Gasteiger partial charge in [-0.1, -0.05) is 38.0 Å². The van der Waals surface area contributed by atoms with Gasteiger partial charge >= 0.3 is 0 Å². The molecule has 3 aromatic rings. The molecule has 12 nitrogen and oxygen atoms in total. The Hall–Kier alpha value is -2.78. The van der Waals surface area contributed by atoms with Crippen LogP contribution in [0.5, 0.6) is 0 Å². The van der Waals surface area contributed by atoms with Crippen LogP contribution < -0.4 is 10.6 Å². The van der Waals surface area contributed by atoms with Crippen molar-refractivity contribution in [2.75, 3.05) is 12.4 Å². The molecular weight excluding hydrogens is 617 g/mol. The van der Waals surface area contributed by atoms with Gasteiger partial charge in [0.2, 0.25) is 5.91 Å². The molecular formula is C24H32IN9O3Si. The van der Waals surface area contributed by atoms with Crippen LogP contribution in [0.1, 0.15) is 32.6 Å². The lowest BCUT2D eigenvalue weighted by atomic mass is 10.1. The summed E-state index contributed by atoms with van der Waals surface area (Å²) in [6, 6.07) is 7.29. The van der Waals surface area contributed by atoms with E-state index in [4.69, 9.17) is 9.16 Å². The molecule has 0 bridgehead atoms. The molecule has 1 fully saturated rings. The van der Waals surface area contributed by atoms with Gasteiger partial charge in [-0.25, -0.2) is 15.0 Å². The number of azide groups is 1. The maximum absolute atomic E-state index is 12.8. The second-order valence-corrected chi connectivity index (χ2v) is 16.6. The first kappa shape index (κ1) is 28.2. The Kier molecular flexibility index (Phi) is 8.28. The van der Waals surface area contributed by atoms with Crippen molar-refractivity contribution in [3.63, 3.8) is 0 Å². The zero-order valence-electron chi connectivity index (χ0n) is 22.2. The average Bonchev–Trinajstić information content (AvgIpc) is 3.43. The number of ether oxygens (including phenoxy) is 1. The molecule has 38 heavy (non-hydrogen) atoms. The monoisotopic (exact) mass is 649 g/mol. The highest BCUT2D eigenvalue weighted by atomic mass is 127. The Balaban J connectivity index is 1.73. The predicted octanol–water partition coefficient (Wildman–Crippen LogP) is 4.76. The lowest BCUT2D eigenvalue weighted by Gasteiger charge is -2.40. The van der Waals surface area contributed by atoms with Crippen LogP contribution >= 0.6 is 22.6 Å². The van der Waals surface area contributed by atoms with Crippen molar-refractivity contribution >= 4 is 53.8 Å². The molecule has 1 saturated heterocycles. The highest BCUT2D eigenvalue weighted by molar-refractivity contribution is 14.1. The zero-order valence-corrected chi connectivity index (χ0v) is 25.4. The third kappa shape index (κ3) is 5.64. The van der Waals surface area contributed by atoms with E-state index in [0.29, 0.717) is 23.5 Å². The molecule has 1 aromatic carbocycles. The number of nitrogens with one attached hydrogen (secondary N) is 2. The maximum atomic E-state index is 12.8. The average molecular weight is 650 g/mol. The molecule has 1 amide bonds. The second-order valence-electron chi connectivity index (χ2n) is 10.6. The van der Waals surface area contributed by atoms with E-state index in [1.54, 1.807) is 10.9 Å². The van der Waals surface area contributed by atoms with Crippen molar-refractivity contribution in [3.8, 4) is 0 Å². The quantitative estimate of drug-likeness (QED) is 0.117. The van der Waals surface area contributed by atoms with E-state index < -0.39 is 38.7 Å². The topological polar surface area (TPSA) is 152 Å². The summed E-state index contributed by atoms with van der Waals surface area (Å²) in [5.74, 6) is 0.176. The first-order valence-corrected chi connectivity index (χ1v) is 16.2. The number of amides is 1. The van der Waals surface area contributed by atoms with Gasteiger partial charge in [-0.15, -0.1) is 0 Å². The van der Waals surface area contributed by atoms with E-state index in [2.05, 4.69) is 98.1 Å². The number of benzene rings is 1. The van der Waals surface area contributed by atoms with Gasteiger partial charge in [0, 0.05) is 22.1 Å². The maximum Gasteiger partial charge on any atom is 0.249 e. The van der Waals surface area contributed by atoms with Gasteiger partial charge in [-0.05, 0) is 64.0 Å². The molecule has 0 spiro atoms. The number of halogens is 1. The Morgan fingerprint density at radius 1 is 1.32 bits per heavy atom. The standard InChI is InChI=1S/C24H32IN9O3Si/c1-24(2,3)38(5,6)37-19-16(32-33-26)18(22(35)27-4)36-23(19)34-13-31-17-20(29-12-30-21(17)34)28-11-14-8-7-9-15(25)10-14/h7-10,12-13,16,18-19,23H,11H2,1-6H3,(H,27,35)(H,28,29,30)/t16-,18+,19-,23-/m1/s1. The number of hydrogen-bond donors (Lipinski definition) is 2. The molecule has 2 N–H and O–H groups in total. The minimum atomic E-state index is -2.38. The summed E-state index contributed by atoms with van der Waals surface area (Å²) in [6.07, 6.45) is 0.488. The number of imidazole rings is 1. The fourth-order valence-corrected chi connectivity index (χ4v) is 5.96. The van der Waals surface area contributed by atoms with Gasteiger partial charge in [0.15, 0.2) is 31.5 Å². The van der Waals surface area contributed by atoms with Gasteiger partial charge in [-0.2, -0.15) is 0 Å². The van der Waals surface area contributed by atoms with E-state index in [1.165, 1.54) is 13.4 Å². The number of carbonyl (C=O) groups is 1. The Labute approximate surface area is 235 Å². The van der Waals surface area contributed by atoms with Crippen molar-refractivity contribution in [2.24, 2.45) is 5.11 Å². The van der Waals surface area contributed by atoms with Crippen LogP contribution in [0.2, 0.25) is 18.1 Å². The summed E-state index contributed by atoms with van der Waals surface area (Å²) >= 11 is 2.28. The summed E-state index contributed by atoms with van der Waals surface area (Å²) in [6.45, 7) is 11.1. The van der Waals surface area contributed by atoms with Crippen LogP contribution in [-0.4, -0.2) is 59.0 Å². The fourth-order valence-electron chi connectivity index (χ4n) is 4.06. The van der Waals surface area contributed by atoms with Crippen LogP contribution in [0.3, 0.4) is 0 Å². The lowest BCUT2D eigenvalue weighted by molar-refractivity contribution is -0.134. The molecule has 14 heteroatoms. The highest BCUT2D eigenvalue weighted by Crippen LogP contribution is 2.43. The normalized spacial score (nSPS) is 21.8. The van der Waals surface area contributed by atoms with Crippen LogP contribution in [-0.2, 0) is 20.5 Å². The fraction of sp³-hybridized carbons (Fsp3) is 0.500. The second kappa shape index (κ2) is 11.1. The third-order valence-corrected chi connectivity index (χ3v) is 12.3. The summed E-state index contributed by atoms with van der Waals surface area (Å²) in [5, 5.41) is 9.78. The van der Waals surface area contributed by atoms with Gasteiger partial charge < -0.3 is 19.8 Å². The van der Waals surface area contributed by atoms with Crippen molar-refractivity contribution in [1.29, 1.82) is 0 Å². The molecule has 4 atom stereocenters. The van der Waals surface area contributed by atoms with E-state index in [1.807, 2.05) is 18.2 Å². The number of fused-ring (bicyclic) bond motifs is 1. The smallest absolute Gasteiger partial charge is 0.249 e. The van der Waals surface area contributed by atoms with Crippen molar-refractivity contribution < 1.29 is 14.0 Å². The molecule has 3 heterocycles. The van der Waals surface area contributed by atoms with Gasteiger partial charge in [0.05, 0.1) is 6.33 Å². The third-order valence-electron chi connectivity index (χ3n) is 7.12. The Morgan fingerprint density at radius 2 is 2.08 bits per heavy atom. The van der Waals surface area contributed by atoms with Gasteiger partial charge in [-0.3, -0.25) is 9.36 Å². The number of hydrogen-bond acceptors (Lipinski definition) is 8. The molecule has 2 aromatic heterocycles. The number of likely N-dealkylation sites (N-methyl/N-ethyl adjacent to an activating group) is 1. The van der Waals surface area contributed by atoms with E-state index in [9.17, 15) is 10.3 Å². The number of aromatic nitrogens is 4. The zero-order chi connectivity index (χ0) is 27.7. The molecule has 0 radical (unpaired) electrons. The highest BCUT2D eigenvalue weighted by Gasteiger charge is 2.53. The first-order chi connectivity index (χ1) is 18.0. The summed E-state index contributed by atoms with van der Waals surface area (Å²) < 4.78 is 15.9. The van der Waals surface area contributed by atoms with Crippen LogP contribution in [0, 0.1) is 3.57 Å². The molecule has 1 aliphatic rings. The predicted molar refractivity (Wildman–Crippen MR) is 155 cm³/mol. The van der Waals surface area contributed by atoms with Crippen LogP contribution in [0.25, 0.3) is 21.6 Å². The van der Waals surface area contributed by atoms with Crippen LogP contribution in [0.15, 0.2) is 42.0 Å². The number of rotatable bonds is 8. The van der Waals surface area contributed by atoms with Gasteiger partial charge in [0.25, 0.3) is 0 Å². The van der Waals surface area contributed by atoms with Crippen molar-refractivity contribution in [1.82, 2.24) is 24.8 Å². The van der Waals surface area contributed by atoms with Crippen molar-refractivity contribution in [2.45, 2.75) is 69.9 Å². The van der Waals surface area contributed by atoms with Gasteiger partial charge in [0.1, 0.15) is 24.6 Å². The van der Waals surface area contributed by atoms with Crippen molar-refractivity contribution in [3.05, 3.63) is 56.5 Å². The Bertz CT molecular complexity index is 1370. The Morgan fingerprint density at radius 3 is 2.74 bits per heavy atom. The number of anilines is 1. The largest absolute Gasteiger partial charge is 0.409 e. The lowest BCUT2D eigenvalue weighted by Crippen LogP contribution is -2.49. The number of carbonyl (C=O) groups excluding carboxylic acids is 1. The summed E-state index contributed by atoms with van der Waals surface area (Å²) in [4.78, 5) is 29.2. The van der Waals surface area contributed by atoms with E-state index >= 15 is 0 Å². The van der Waals surface area contributed by atoms with E-state index in [0.717, 1.165) is 9.13 Å². The molecule has 4 rings (SSSR count). The molecule has 1 aliphatic heterocycles.